The van der Waals surface area contributed by atoms with E-state index >= 15 is 0 Å². The Balaban J connectivity index is 2.04. The topological polar surface area (TPSA) is 65.2 Å². The predicted octanol–water partition coefficient (Wildman–Crippen LogP) is 2.33. The van der Waals surface area contributed by atoms with E-state index in [1.165, 1.54) is 6.07 Å². The van der Waals surface area contributed by atoms with E-state index in [2.05, 4.69) is 24.1 Å². The van der Waals surface area contributed by atoms with Crippen molar-refractivity contribution in [2.24, 2.45) is 5.92 Å². The molecule has 0 fully saturated rings. The maximum atomic E-state index is 11.9. The Kier molecular flexibility index (Phi) is 4.62. The molecular formula is C16H21N3O2. The lowest BCUT2D eigenvalue weighted by Crippen LogP contribution is -2.38. The van der Waals surface area contributed by atoms with E-state index in [1.54, 1.807) is 24.2 Å². The van der Waals surface area contributed by atoms with Gasteiger partial charge in [-0.1, -0.05) is 19.9 Å². The Hall–Kier alpha value is -2.30. The van der Waals surface area contributed by atoms with E-state index in [0.717, 1.165) is 17.6 Å². The normalized spacial score (nSPS) is 10.9. The molecule has 0 saturated carbocycles. The first-order valence-corrected chi connectivity index (χ1v) is 7.06. The molecule has 1 heterocycles. The number of nitrogens with zero attached hydrogens (tertiary/aromatic N) is 1. The van der Waals surface area contributed by atoms with Gasteiger partial charge in [0.05, 0.1) is 0 Å². The fourth-order valence-electron chi connectivity index (χ4n) is 2.28. The third kappa shape index (κ3) is 3.84. The maximum Gasteiger partial charge on any atom is 0.317 e. The monoisotopic (exact) mass is 287 g/mol. The quantitative estimate of drug-likeness (QED) is 0.906. The molecule has 2 rings (SSSR count). The summed E-state index contributed by atoms with van der Waals surface area (Å²) in [6.07, 6.45) is 1.63. The largest absolute Gasteiger partial charge is 0.361 e. The second-order valence-electron chi connectivity index (χ2n) is 5.65. The number of benzene rings is 1. The summed E-state index contributed by atoms with van der Waals surface area (Å²) in [7, 11) is 1.78. The number of fused-ring (bicyclic) bond motifs is 1. The van der Waals surface area contributed by atoms with Crippen LogP contribution in [0.3, 0.4) is 0 Å². The lowest BCUT2D eigenvalue weighted by Gasteiger charge is -2.20. The smallest absolute Gasteiger partial charge is 0.317 e. The number of hydrogen-bond acceptors (Lipinski definition) is 2. The van der Waals surface area contributed by atoms with Gasteiger partial charge in [0.15, 0.2) is 5.43 Å². The number of pyridine rings is 1. The van der Waals surface area contributed by atoms with Gasteiger partial charge >= 0.3 is 6.03 Å². The molecule has 112 valence electrons. The predicted molar refractivity (Wildman–Crippen MR) is 84.3 cm³/mol. The molecule has 0 atom stereocenters. The number of hydrogen-bond donors (Lipinski definition) is 2. The molecule has 2 N–H and O–H groups in total. The van der Waals surface area contributed by atoms with E-state index in [1.807, 2.05) is 12.1 Å². The Labute approximate surface area is 124 Å². The van der Waals surface area contributed by atoms with Gasteiger partial charge in [-0.2, -0.15) is 0 Å². The van der Waals surface area contributed by atoms with E-state index in [-0.39, 0.29) is 11.5 Å². The molecule has 2 aromatic rings. The van der Waals surface area contributed by atoms with Crippen molar-refractivity contribution in [3.63, 3.8) is 0 Å². The molecule has 0 bridgehead atoms. The van der Waals surface area contributed by atoms with Gasteiger partial charge in [-0.05, 0) is 23.6 Å². The molecule has 0 saturated heterocycles. The molecular weight excluding hydrogens is 266 g/mol. The highest BCUT2D eigenvalue weighted by Crippen LogP contribution is 2.10. The van der Waals surface area contributed by atoms with E-state index in [9.17, 15) is 9.59 Å². The third-order valence-corrected chi connectivity index (χ3v) is 3.25. The van der Waals surface area contributed by atoms with Crippen LogP contribution in [0.1, 0.15) is 19.4 Å². The highest BCUT2D eigenvalue weighted by atomic mass is 16.2. The van der Waals surface area contributed by atoms with Crippen LogP contribution in [0.15, 0.2) is 35.3 Å². The van der Waals surface area contributed by atoms with Crippen LogP contribution in [0.2, 0.25) is 0 Å². The van der Waals surface area contributed by atoms with E-state index in [4.69, 9.17) is 0 Å². The minimum Gasteiger partial charge on any atom is -0.361 e. The Morgan fingerprint density at radius 2 is 2.10 bits per heavy atom. The second-order valence-corrected chi connectivity index (χ2v) is 5.65. The zero-order valence-corrected chi connectivity index (χ0v) is 12.6. The van der Waals surface area contributed by atoms with Gasteiger partial charge in [0.1, 0.15) is 0 Å². The zero-order chi connectivity index (χ0) is 15.4. The van der Waals surface area contributed by atoms with Gasteiger partial charge in [0, 0.05) is 43.3 Å². The van der Waals surface area contributed by atoms with E-state index < -0.39 is 0 Å². The highest BCUT2D eigenvalue weighted by Gasteiger charge is 2.09. The standard InChI is InChI=1S/C16H21N3O2/c1-11(2)10-19(3)16(21)18-9-12-4-5-13-14(8-12)17-7-6-15(13)20/h4-8,11H,9-10H2,1-3H3,(H,17,20)(H,18,21). The molecule has 2 amide bonds. The summed E-state index contributed by atoms with van der Waals surface area (Å²) in [5.74, 6) is 0.437. The minimum atomic E-state index is -0.0923. The average Bonchev–Trinajstić information content (AvgIpc) is 2.44. The van der Waals surface area contributed by atoms with Crippen LogP contribution in [0.5, 0.6) is 0 Å². The minimum absolute atomic E-state index is 0.00370. The molecule has 0 aliphatic heterocycles. The Bertz CT molecular complexity index is 691. The summed E-state index contributed by atoms with van der Waals surface area (Å²) < 4.78 is 0. The number of nitrogens with one attached hydrogen (secondary N) is 2. The highest BCUT2D eigenvalue weighted by molar-refractivity contribution is 5.79. The van der Waals surface area contributed by atoms with Crippen molar-refractivity contribution in [1.29, 1.82) is 0 Å². The van der Waals surface area contributed by atoms with Gasteiger partial charge in [0.2, 0.25) is 0 Å². The summed E-state index contributed by atoms with van der Waals surface area (Å²) in [6.45, 7) is 5.30. The molecule has 5 heteroatoms. The summed E-state index contributed by atoms with van der Waals surface area (Å²) >= 11 is 0. The lowest BCUT2D eigenvalue weighted by molar-refractivity contribution is 0.203. The van der Waals surface area contributed by atoms with Crippen molar-refractivity contribution < 1.29 is 4.79 Å². The molecule has 0 unspecified atom stereocenters. The number of amides is 2. The SMILES string of the molecule is CC(C)CN(C)C(=O)NCc1ccc2c(=O)cc[nH]c2c1. The Morgan fingerprint density at radius 1 is 1.33 bits per heavy atom. The van der Waals surface area contributed by atoms with Crippen molar-refractivity contribution in [2.45, 2.75) is 20.4 Å². The summed E-state index contributed by atoms with van der Waals surface area (Å²) in [4.78, 5) is 28.3. The molecule has 0 radical (unpaired) electrons. The van der Waals surface area contributed by atoms with Gasteiger partial charge in [-0.15, -0.1) is 0 Å². The molecule has 1 aromatic heterocycles. The number of carbonyl (C=O) groups excluding carboxylic acids is 1. The van der Waals surface area contributed by atoms with Crippen molar-refractivity contribution in [1.82, 2.24) is 15.2 Å². The number of rotatable bonds is 4. The summed E-state index contributed by atoms with van der Waals surface area (Å²) in [5.41, 5.74) is 1.73. The molecule has 0 aliphatic rings. The number of H-pyrrole nitrogens is 1. The van der Waals surface area contributed by atoms with Crippen LogP contribution in [-0.2, 0) is 6.54 Å². The van der Waals surface area contributed by atoms with Gasteiger partial charge < -0.3 is 15.2 Å². The molecule has 5 nitrogen and oxygen atoms in total. The van der Waals surface area contributed by atoms with Crippen LogP contribution in [-0.4, -0.2) is 29.5 Å². The van der Waals surface area contributed by atoms with Crippen molar-refractivity contribution >= 4 is 16.9 Å². The number of aromatic nitrogens is 1. The van der Waals surface area contributed by atoms with Crippen molar-refractivity contribution in [3.8, 4) is 0 Å². The van der Waals surface area contributed by atoms with Gasteiger partial charge in [-0.3, -0.25) is 4.79 Å². The molecule has 21 heavy (non-hydrogen) atoms. The van der Waals surface area contributed by atoms with Crippen LogP contribution in [0.25, 0.3) is 10.9 Å². The summed E-state index contributed by atoms with van der Waals surface area (Å²) in [5, 5.41) is 3.54. The molecule has 1 aromatic carbocycles. The van der Waals surface area contributed by atoms with E-state index in [0.29, 0.717) is 17.8 Å². The molecule has 0 aliphatic carbocycles. The number of aromatic amines is 1. The van der Waals surface area contributed by atoms with Crippen LogP contribution in [0, 0.1) is 5.92 Å². The fraction of sp³-hybridized carbons (Fsp3) is 0.375. The zero-order valence-electron chi connectivity index (χ0n) is 12.6. The van der Waals surface area contributed by atoms with Crippen molar-refractivity contribution in [2.75, 3.05) is 13.6 Å². The maximum absolute atomic E-state index is 11.9. The van der Waals surface area contributed by atoms with Gasteiger partial charge in [0.25, 0.3) is 0 Å². The lowest BCUT2D eigenvalue weighted by atomic mass is 10.1. The first-order chi connectivity index (χ1) is 9.97. The Morgan fingerprint density at radius 3 is 2.81 bits per heavy atom. The summed E-state index contributed by atoms with van der Waals surface area (Å²) in [6, 6.07) is 6.95. The first kappa shape index (κ1) is 15.1. The molecule has 0 spiro atoms. The van der Waals surface area contributed by atoms with Crippen LogP contribution >= 0.6 is 0 Å². The second kappa shape index (κ2) is 6.43. The number of carbonyl (C=O) groups is 1. The number of urea groups is 1. The first-order valence-electron chi connectivity index (χ1n) is 7.06. The average molecular weight is 287 g/mol. The van der Waals surface area contributed by atoms with Gasteiger partial charge in [-0.25, -0.2) is 4.79 Å². The van der Waals surface area contributed by atoms with Crippen molar-refractivity contribution in [3.05, 3.63) is 46.2 Å². The van der Waals surface area contributed by atoms with Crippen LogP contribution in [0.4, 0.5) is 4.79 Å². The van der Waals surface area contributed by atoms with Crippen LogP contribution < -0.4 is 10.7 Å². The fourth-order valence-corrected chi connectivity index (χ4v) is 2.28. The third-order valence-electron chi connectivity index (χ3n) is 3.25.